The SMILES string of the molecule is CCCNC(c1csc(C)c1)c1cccc(C)c1F. The summed E-state index contributed by atoms with van der Waals surface area (Å²) in [4.78, 5) is 1.26. The summed E-state index contributed by atoms with van der Waals surface area (Å²) >= 11 is 1.71. The largest absolute Gasteiger partial charge is 0.306 e. The van der Waals surface area contributed by atoms with Gasteiger partial charge in [0.2, 0.25) is 0 Å². The number of aryl methyl sites for hydroxylation is 2. The van der Waals surface area contributed by atoms with Crippen molar-refractivity contribution in [3.63, 3.8) is 0 Å². The van der Waals surface area contributed by atoms with Crippen LogP contribution in [0.2, 0.25) is 0 Å². The Hall–Kier alpha value is -1.19. The Balaban J connectivity index is 2.39. The maximum Gasteiger partial charge on any atom is 0.131 e. The van der Waals surface area contributed by atoms with Gasteiger partial charge < -0.3 is 5.32 Å². The summed E-state index contributed by atoms with van der Waals surface area (Å²) in [5, 5.41) is 5.57. The highest BCUT2D eigenvalue weighted by atomic mass is 32.1. The van der Waals surface area contributed by atoms with Crippen LogP contribution in [0, 0.1) is 19.7 Å². The molecule has 102 valence electrons. The minimum Gasteiger partial charge on any atom is -0.306 e. The number of hydrogen-bond acceptors (Lipinski definition) is 2. The van der Waals surface area contributed by atoms with Crippen LogP contribution in [0.25, 0.3) is 0 Å². The summed E-state index contributed by atoms with van der Waals surface area (Å²) < 4.78 is 14.3. The number of thiophene rings is 1. The summed E-state index contributed by atoms with van der Waals surface area (Å²) in [5.41, 5.74) is 2.60. The van der Waals surface area contributed by atoms with Gasteiger partial charge in [-0.25, -0.2) is 4.39 Å². The molecule has 1 atom stereocenters. The molecule has 0 aliphatic carbocycles. The molecule has 0 aliphatic rings. The van der Waals surface area contributed by atoms with Gasteiger partial charge in [0.05, 0.1) is 6.04 Å². The monoisotopic (exact) mass is 277 g/mol. The standard InChI is InChI=1S/C16H20FNS/c1-4-8-18-16(13-9-12(3)19-10-13)14-7-5-6-11(2)15(14)17/h5-7,9-10,16,18H,4,8H2,1-3H3. The van der Waals surface area contributed by atoms with Crippen molar-refractivity contribution in [2.75, 3.05) is 6.54 Å². The van der Waals surface area contributed by atoms with Crippen molar-refractivity contribution in [1.82, 2.24) is 5.32 Å². The molecule has 19 heavy (non-hydrogen) atoms. The van der Waals surface area contributed by atoms with Crippen LogP contribution < -0.4 is 5.32 Å². The van der Waals surface area contributed by atoms with E-state index in [4.69, 9.17) is 0 Å². The first-order chi connectivity index (χ1) is 9.13. The second-order valence-corrected chi connectivity index (χ2v) is 5.97. The summed E-state index contributed by atoms with van der Waals surface area (Å²) in [6.07, 6.45) is 1.03. The molecule has 2 aromatic rings. The maximum absolute atomic E-state index is 14.3. The summed E-state index contributed by atoms with van der Waals surface area (Å²) in [6.45, 7) is 6.90. The van der Waals surface area contributed by atoms with E-state index in [2.05, 4.69) is 30.6 Å². The molecule has 3 heteroatoms. The number of hydrogen-bond donors (Lipinski definition) is 1. The minimum absolute atomic E-state index is 0.0511. The van der Waals surface area contributed by atoms with Crippen LogP contribution in [-0.2, 0) is 0 Å². The van der Waals surface area contributed by atoms with Gasteiger partial charge in [-0.05, 0) is 49.4 Å². The maximum atomic E-state index is 14.3. The molecule has 2 rings (SSSR count). The van der Waals surface area contributed by atoms with Crippen molar-refractivity contribution < 1.29 is 4.39 Å². The van der Waals surface area contributed by atoms with Gasteiger partial charge in [0.1, 0.15) is 5.82 Å². The lowest BCUT2D eigenvalue weighted by molar-refractivity contribution is 0.543. The molecule has 0 aliphatic heterocycles. The van der Waals surface area contributed by atoms with Crippen LogP contribution in [0.4, 0.5) is 4.39 Å². The molecule has 1 N–H and O–H groups in total. The van der Waals surface area contributed by atoms with Crippen molar-refractivity contribution in [3.8, 4) is 0 Å². The van der Waals surface area contributed by atoms with Crippen LogP contribution in [0.1, 0.15) is 41.0 Å². The Morgan fingerprint density at radius 2 is 2.11 bits per heavy atom. The van der Waals surface area contributed by atoms with E-state index < -0.39 is 0 Å². The van der Waals surface area contributed by atoms with E-state index in [9.17, 15) is 4.39 Å². The quantitative estimate of drug-likeness (QED) is 0.842. The van der Waals surface area contributed by atoms with Crippen molar-refractivity contribution in [2.24, 2.45) is 0 Å². The Morgan fingerprint density at radius 1 is 1.32 bits per heavy atom. The van der Waals surface area contributed by atoms with Gasteiger partial charge in [-0.2, -0.15) is 0 Å². The van der Waals surface area contributed by atoms with Crippen LogP contribution in [0.5, 0.6) is 0 Å². The van der Waals surface area contributed by atoms with Crippen LogP contribution in [-0.4, -0.2) is 6.54 Å². The van der Waals surface area contributed by atoms with E-state index >= 15 is 0 Å². The lowest BCUT2D eigenvalue weighted by Gasteiger charge is -2.19. The fourth-order valence-electron chi connectivity index (χ4n) is 2.20. The van der Waals surface area contributed by atoms with Crippen LogP contribution in [0.15, 0.2) is 29.6 Å². The van der Waals surface area contributed by atoms with Crippen LogP contribution in [0.3, 0.4) is 0 Å². The third-order valence-electron chi connectivity index (χ3n) is 3.22. The molecule has 1 unspecified atom stereocenters. The zero-order valence-corrected chi connectivity index (χ0v) is 12.5. The molecule has 0 fully saturated rings. The molecule has 1 nitrogen and oxygen atoms in total. The van der Waals surface area contributed by atoms with Gasteiger partial charge in [-0.3, -0.25) is 0 Å². The van der Waals surface area contributed by atoms with E-state index in [1.165, 1.54) is 4.88 Å². The molecule has 0 bridgehead atoms. The highest BCUT2D eigenvalue weighted by Gasteiger charge is 2.19. The van der Waals surface area contributed by atoms with Crippen LogP contribution >= 0.6 is 11.3 Å². The molecule has 0 radical (unpaired) electrons. The fourth-order valence-corrected chi connectivity index (χ4v) is 2.93. The number of nitrogens with one attached hydrogen (secondary N) is 1. The zero-order valence-electron chi connectivity index (χ0n) is 11.7. The predicted octanol–water partition coefficient (Wildman–Crippen LogP) is 4.59. The lowest BCUT2D eigenvalue weighted by Crippen LogP contribution is -2.24. The molecule has 0 saturated heterocycles. The van der Waals surface area contributed by atoms with Gasteiger partial charge in [0, 0.05) is 10.4 Å². The second kappa shape index (κ2) is 6.31. The fraction of sp³-hybridized carbons (Fsp3) is 0.375. The smallest absolute Gasteiger partial charge is 0.131 e. The first kappa shape index (κ1) is 14.2. The summed E-state index contributed by atoms with van der Waals surface area (Å²) in [5.74, 6) is -0.0973. The first-order valence-electron chi connectivity index (χ1n) is 6.67. The first-order valence-corrected chi connectivity index (χ1v) is 7.55. The average Bonchev–Trinajstić information content (AvgIpc) is 2.81. The Morgan fingerprint density at radius 3 is 2.74 bits per heavy atom. The van der Waals surface area contributed by atoms with E-state index in [-0.39, 0.29) is 11.9 Å². The Kier molecular flexibility index (Phi) is 4.72. The predicted molar refractivity (Wildman–Crippen MR) is 80.3 cm³/mol. The molecule has 1 aromatic heterocycles. The van der Waals surface area contributed by atoms with Gasteiger partial charge in [0.25, 0.3) is 0 Å². The van der Waals surface area contributed by atoms with Gasteiger partial charge in [-0.1, -0.05) is 25.1 Å². The summed E-state index contributed by atoms with van der Waals surface area (Å²) in [6, 6.07) is 7.70. The van der Waals surface area contributed by atoms with E-state index in [0.717, 1.165) is 24.1 Å². The number of halogens is 1. The molecule has 0 spiro atoms. The van der Waals surface area contributed by atoms with Crippen molar-refractivity contribution in [3.05, 3.63) is 57.0 Å². The highest BCUT2D eigenvalue weighted by molar-refractivity contribution is 7.10. The number of benzene rings is 1. The average molecular weight is 277 g/mol. The van der Waals surface area contributed by atoms with E-state index in [1.54, 1.807) is 11.3 Å². The van der Waals surface area contributed by atoms with Crippen molar-refractivity contribution in [1.29, 1.82) is 0 Å². The molecule has 0 saturated carbocycles. The lowest BCUT2D eigenvalue weighted by atomic mass is 9.98. The Bertz CT molecular complexity index is 547. The van der Waals surface area contributed by atoms with Gasteiger partial charge >= 0.3 is 0 Å². The summed E-state index contributed by atoms with van der Waals surface area (Å²) in [7, 11) is 0. The molecule has 0 amide bonds. The van der Waals surface area contributed by atoms with E-state index in [1.807, 2.05) is 25.1 Å². The topological polar surface area (TPSA) is 12.0 Å². The zero-order chi connectivity index (χ0) is 13.8. The van der Waals surface area contributed by atoms with Crippen molar-refractivity contribution in [2.45, 2.75) is 33.2 Å². The van der Waals surface area contributed by atoms with Crippen molar-refractivity contribution >= 4 is 11.3 Å². The Labute approximate surface area is 118 Å². The number of rotatable bonds is 5. The van der Waals surface area contributed by atoms with E-state index in [0.29, 0.717) is 5.56 Å². The molecule has 1 aromatic carbocycles. The normalized spacial score (nSPS) is 12.6. The molecule has 1 heterocycles. The van der Waals surface area contributed by atoms with Gasteiger partial charge in [-0.15, -0.1) is 11.3 Å². The minimum atomic E-state index is -0.0973. The molecular weight excluding hydrogens is 257 g/mol. The third-order valence-corrected chi connectivity index (χ3v) is 4.09. The molecular formula is C16H20FNS. The third kappa shape index (κ3) is 3.23. The highest BCUT2D eigenvalue weighted by Crippen LogP contribution is 2.29. The second-order valence-electron chi connectivity index (χ2n) is 4.86. The van der Waals surface area contributed by atoms with Gasteiger partial charge in [0.15, 0.2) is 0 Å².